The standard InChI is InChI=1S/C17H26FN3O2/c1-6-21(7-2)15-9-8-13(10-14(15)18)11-19-16(23)17(4,5)20-12(3)22/h8-10H,6-7,11H2,1-5H3,(H,19,23)(H,20,22). The predicted molar refractivity (Wildman–Crippen MR) is 89.7 cm³/mol. The van der Waals surface area contributed by atoms with Gasteiger partial charge in [-0.2, -0.15) is 0 Å². The fourth-order valence-electron chi connectivity index (χ4n) is 2.38. The van der Waals surface area contributed by atoms with Crippen molar-refractivity contribution in [2.45, 2.75) is 46.7 Å². The number of amides is 2. The minimum absolute atomic E-state index is 0.206. The molecule has 2 amide bonds. The average Bonchev–Trinajstić information content (AvgIpc) is 2.46. The Balaban J connectivity index is 2.74. The summed E-state index contributed by atoms with van der Waals surface area (Å²) >= 11 is 0. The Labute approximate surface area is 137 Å². The fraction of sp³-hybridized carbons (Fsp3) is 0.529. The molecule has 1 rings (SSSR count). The predicted octanol–water partition coefficient (Wildman–Crippen LogP) is 2.20. The van der Waals surface area contributed by atoms with Crippen molar-refractivity contribution in [2.24, 2.45) is 0 Å². The quantitative estimate of drug-likeness (QED) is 0.809. The van der Waals surface area contributed by atoms with Crippen LogP contribution in [0.15, 0.2) is 18.2 Å². The number of hydrogen-bond donors (Lipinski definition) is 2. The normalized spacial score (nSPS) is 11.0. The van der Waals surface area contributed by atoms with Crippen molar-refractivity contribution in [3.63, 3.8) is 0 Å². The minimum Gasteiger partial charge on any atom is -0.370 e. The van der Waals surface area contributed by atoms with Gasteiger partial charge in [-0.05, 0) is 45.4 Å². The first-order valence-electron chi connectivity index (χ1n) is 7.81. The number of halogens is 1. The molecule has 0 aromatic heterocycles. The highest BCUT2D eigenvalue weighted by Gasteiger charge is 2.27. The van der Waals surface area contributed by atoms with Gasteiger partial charge >= 0.3 is 0 Å². The van der Waals surface area contributed by atoms with Crippen LogP contribution in [0.1, 0.15) is 40.2 Å². The number of carbonyl (C=O) groups excluding carboxylic acids is 2. The molecule has 0 bridgehead atoms. The highest BCUT2D eigenvalue weighted by Crippen LogP contribution is 2.20. The van der Waals surface area contributed by atoms with Gasteiger partial charge in [0.05, 0.1) is 5.69 Å². The van der Waals surface area contributed by atoms with Crippen LogP contribution < -0.4 is 15.5 Å². The summed E-state index contributed by atoms with van der Waals surface area (Å²) in [5.74, 6) is -0.901. The summed E-state index contributed by atoms with van der Waals surface area (Å²) in [7, 11) is 0. The molecule has 0 fully saturated rings. The van der Waals surface area contributed by atoms with Crippen molar-refractivity contribution < 1.29 is 14.0 Å². The molecule has 0 aliphatic heterocycles. The van der Waals surface area contributed by atoms with E-state index in [-0.39, 0.29) is 24.2 Å². The zero-order valence-electron chi connectivity index (χ0n) is 14.5. The number of anilines is 1. The van der Waals surface area contributed by atoms with E-state index in [9.17, 15) is 14.0 Å². The molecule has 0 aliphatic rings. The van der Waals surface area contributed by atoms with Crippen molar-refractivity contribution in [3.05, 3.63) is 29.6 Å². The highest BCUT2D eigenvalue weighted by molar-refractivity contribution is 5.90. The number of rotatable bonds is 7. The van der Waals surface area contributed by atoms with Crippen molar-refractivity contribution in [3.8, 4) is 0 Å². The lowest BCUT2D eigenvalue weighted by molar-refractivity contribution is -0.131. The van der Waals surface area contributed by atoms with Crippen LogP contribution in [0.4, 0.5) is 10.1 Å². The molecule has 1 aromatic carbocycles. The second-order valence-corrected chi connectivity index (χ2v) is 5.95. The third-order valence-corrected chi connectivity index (χ3v) is 3.63. The summed E-state index contributed by atoms with van der Waals surface area (Å²) in [6, 6.07) is 4.95. The van der Waals surface area contributed by atoms with E-state index in [0.29, 0.717) is 11.3 Å². The Morgan fingerprint density at radius 2 is 1.83 bits per heavy atom. The molecule has 0 saturated heterocycles. The van der Waals surface area contributed by atoms with E-state index in [1.807, 2.05) is 18.7 Å². The van der Waals surface area contributed by atoms with Crippen LogP contribution in [0.2, 0.25) is 0 Å². The van der Waals surface area contributed by atoms with E-state index in [1.54, 1.807) is 26.0 Å². The first kappa shape index (κ1) is 18.9. The van der Waals surface area contributed by atoms with E-state index in [2.05, 4.69) is 10.6 Å². The molecular weight excluding hydrogens is 297 g/mol. The molecule has 23 heavy (non-hydrogen) atoms. The summed E-state index contributed by atoms with van der Waals surface area (Å²) in [5, 5.41) is 5.29. The number of nitrogens with zero attached hydrogens (tertiary/aromatic N) is 1. The largest absolute Gasteiger partial charge is 0.370 e. The van der Waals surface area contributed by atoms with E-state index < -0.39 is 5.54 Å². The molecule has 0 radical (unpaired) electrons. The van der Waals surface area contributed by atoms with Gasteiger partial charge in [-0.3, -0.25) is 9.59 Å². The third-order valence-electron chi connectivity index (χ3n) is 3.63. The Hall–Kier alpha value is -2.11. The molecule has 0 spiro atoms. The SMILES string of the molecule is CCN(CC)c1ccc(CNC(=O)C(C)(C)NC(C)=O)cc1F. The summed E-state index contributed by atoms with van der Waals surface area (Å²) < 4.78 is 14.2. The van der Waals surface area contributed by atoms with Gasteiger partial charge in [0.1, 0.15) is 11.4 Å². The van der Waals surface area contributed by atoms with Crippen LogP contribution in [0.3, 0.4) is 0 Å². The maximum Gasteiger partial charge on any atom is 0.245 e. The summed E-state index contributed by atoms with van der Waals surface area (Å²) in [6.07, 6.45) is 0. The number of nitrogens with one attached hydrogen (secondary N) is 2. The van der Waals surface area contributed by atoms with Gasteiger partial charge in [0.15, 0.2) is 0 Å². The molecule has 0 aliphatic carbocycles. The molecule has 6 heteroatoms. The maximum absolute atomic E-state index is 14.2. The van der Waals surface area contributed by atoms with Crippen molar-refractivity contribution >= 4 is 17.5 Å². The highest BCUT2D eigenvalue weighted by atomic mass is 19.1. The first-order chi connectivity index (χ1) is 10.7. The molecule has 0 atom stereocenters. The van der Waals surface area contributed by atoms with Crippen LogP contribution in [0.25, 0.3) is 0 Å². The second-order valence-electron chi connectivity index (χ2n) is 5.95. The number of benzene rings is 1. The zero-order valence-corrected chi connectivity index (χ0v) is 14.5. The maximum atomic E-state index is 14.2. The van der Waals surface area contributed by atoms with Gasteiger partial charge in [0.2, 0.25) is 11.8 Å². The Morgan fingerprint density at radius 3 is 2.30 bits per heavy atom. The van der Waals surface area contributed by atoms with Gasteiger partial charge in [-0.25, -0.2) is 4.39 Å². The molecular formula is C17H26FN3O2. The van der Waals surface area contributed by atoms with Crippen LogP contribution in [0.5, 0.6) is 0 Å². The molecule has 128 valence electrons. The molecule has 1 aromatic rings. The molecule has 2 N–H and O–H groups in total. The van der Waals surface area contributed by atoms with Gasteiger partial charge < -0.3 is 15.5 Å². The monoisotopic (exact) mass is 323 g/mol. The van der Waals surface area contributed by atoms with Gasteiger partial charge in [-0.15, -0.1) is 0 Å². The fourth-order valence-corrected chi connectivity index (χ4v) is 2.38. The van der Waals surface area contributed by atoms with Crippen molar-refractivity contribution in [1.82, 2.24) is 10.6 Å². The van der Waals surface area contributed by atoms with E-state index >= 15 is 0 Å². The lowest BCUT2D eigenvalue weighted by Crippen LogP contribution is -2.53. The van der Waals surface area contributed by atoms with Crippen LogP contribution in [-0.2, 0) is 16.1 Å². The Kier molecular flexibility index (Phi) is 6.54. The lowest BCUT2D eigenvalue weighted by atomic mass is 10.0. The summed E-state index contributed by atoms with van der Waals surface area (Å²) in [5.41, 5.74) is 0.222. The smallest absolute Gasteiger partial charge is 0.245 e. The van der Waals surface area contributed by atoms with Gasteiger partial charge in [0.25, 0.3) is 0 Å². The second kappa shape index (κ2) is 7.94. The minimum atomic E-state index is -1.01. The number of hydrogen-bond acceptors (Lipinski definition) is 3. The van der Waals surface area contributed by atoms with Gasteiger partial charge in [0, 0.05) is 26.6 Å². The van der Waals surface area contributed by atoms with E-state index in [1.165, 1.54) is 13.0 Å². The Bertz CT molecular complexity index is 569. The zero-order chi connectivity index (χ0) is 17.6. The van der Waals surface area contributed by atoms with Crippen molar-refractivity contribution in [1.29, 1.82) is 0 Å². The van der Waals surface area contributed by atoms with Crippen LogP contribution in [0, 0.1) is 5.82 Å². The van der Waals surface area contributed by atoms with Crippen LogP contribution in [-0.4, -0.2) is 30.4 Å². The lowest BCUT2D eigenvalue weighted by Gasteiger charge is -2.25. The van der Waals surface area contributed by atoms with E-state index in [0.717, 1.165) is 13.1 Å². The topological polar surface area (TPSA) is 61.4 Å². The average molecular weight is 323 g/mol. The van der Waals surface area contributed by atoms with Crippen LogP contribution >= 0.6 is 0 Å². The molecule has 0 heterocycles. The number of carbonyl (C=O) groups is 2. The first-order valence-corrected chi connectivity index (χ1v) is 7.81. The molecule has 0 saturated carbocycles. The van der Waals surface area contributed by atoms with Gasteiger partial charge in [-0.1, -0.05) is 6.07 Å². The summed E-state index contributed by atoms with van der Waals surface area (Å²) in [4.78, 5) is 25.1. The molecule has 0 unspecified atom stereocenters. The Morgan fingerprint density at radius 1 is 1.22 bits per heavy atom. The third kappa shape index (κ3) is 5.23. The molecule has 5 nitrogen and oxygen atoms in total. The van der Waals surface area contributed by atoms with E-state index in [4.69, 9.17) is 0 Å². The summed E-state index contributed by atoms with van der Waals surface area (Å²) in [6.45, 7) is 10.2. The van der Waals surface area contributed by atoms with Crippen molar-refractivity contribution in [2.75, 3.05) is 18.0 Å².